The zero-order chi connectivity index (χ0) is 15.5. The van der Waals surface area contributed by atoms with Gasteiger partial charge in [-0.3, -0.25) is 9.48 Å². The molecule has 22 heavy (non-hydrogen) atoms. The van der Waals surface area contributed by atoms with Gasteiger partial charge in [-0.15, -0.1) is 0 Å². The van der Waals surface area contributed by atoms with Gasteiger partial charge in [-0.05, 0) is 12.5 Å². The lowest BCUT2D eigenvalue weighted by Crippen LogP contribution is -2.20. The maximum absolute atomic E-state index is 11.3. The number of amides is 1. The van der Waals surface area contributed by atoms with Crippen LogP contribution in [0.3, 0.4) is 0 Å². The number of benzene rings is 2. The van der Waals surface area contributed by atoms with E-state index in [0.29, 0.717) is 0 Å². The highest BCUT2D eigenvalue weighted by Crippen LogP contribution is 2.32. The van der Waals surface area contributed by atoms with Crippen LogP contribution < -0.4 is 5.73 Å². The minimum Gasteiger partial charge on any atom is -0.368 e. The molecular formula is C18H17N3O. The highest BCUT2D eigenvalue weighted by atomic mass is 16.1. The summed E-state index contributed by atoms with van der Waals surface area (Å²) in [5, 5.41) is 4.35. The molecule has 4 nitrogen and oxygen atoms in total. The summed E-state index contributed by atoms with van der Waals surface area (Å²) in [5.74, 6) is -0.406. The molecule has 0 unspecified atom stereocenters. The van der Waals surface area contributed by atoms with Crippen molar-refractivity contribution in [3.63, 3.8) is 0 Å². The van der Waals surface area contributed by atoms with Crippen molar-refractivity contribution in [1.82, 2.24) is 9.78 Å². The van der Waals surface area contributed by atoms with Crippen LogP contribution in [0, 0.1) is 6.92 Å². The van der Waals surface area contributed by atoms with E-state index in [1.165, 1.54) is 5.56 Å². The molecule has 1 aromatic heterocycles. The molecule has 0 saturated carbocycles. The normalized spacial score (nSPS) is 10.6. The van der Waals surface area contributed by atoms with Crippen molar-refractivity contribution < 1.29 is 4.79 Å². The molecule has 0 spiro atoms. The molecule has 2 N–H and O–H groups in total. The molecule has 0 radical (unpaired) electrons. The Kier molecular flexibility index (Phi) is 3.74. The summed E-state index contributed by atoms with van der Waals surface area (Å²) in [6.45, 7) is 2.12. The first-order chi connectivity index (χ1) is 10.6. The van der Waals surface area contributed by atoms with Crippen LogP contribution in [0.4, 0.5) is 0 Å². The molecule has 1 amide bonds. The van der Waals surface area contributed by atoms with Gasteiger partial charge in [-0.1, -0.05) is 60.2 Å². The van der Waals surface area contributed by atoms with Crippen LogP contribution in [-0.2, 0) is 11.3 Å². The Labute approximate surface area is 129 Å². The number of hydrogen-bond donors (Lipinski definition) is 1. The minimum absolute atomic E-state index is 0.0655. The van der Waals surface area contributed by atoms with Crippen LogP contribution in [-0.4, -0.2) is 15.7 Å². The molecule has 4 heteroatoms. The number of rotatable bonds is 4. The number of carbonyl (C=O) groups is 1. The molecule has 2 aromatic carbocycles. The van der Waals surface area contributed by atoms with E-state index in [9.17, 15) is 4.79 Å². The third kappa shape index (κ3) is 2.76. The summed E-state index contributed by atoms with van der Waals surface area (Å²) in [4.78, 5) is 11.3. The molecule has 0 aliphatic carbocycles. The van der Waals surface area contributed by atoms with E-state index in [0.717, 1.165) is 22.4 Å². The Morgan fingerprint density at radius 3 is 2.50 bits per heavy atom. The largest absolute Gasteiger partial charge is 0.368 e. The second-order valence-corrected chi connectivity index (χ2v) is 5.27. The summed E-state index contributed by atoms with van der Waals surface area (Å²) >= 11 is 0. The predicted octanol–water partition coefficient (Wildman–Crippen LogP) is 3.01. The van der Waals surface area contributed by atoms with E-state index in [1.807, 2.05) is 42.5 Å². The average molecular weight is 291 g/mol. The molecule has 0 saturated heterocycles. The SMILES string of the molecule is Cc1cccc(-c2cnn(CC(N)=O)c2-c2ccccc2)c1. The Hall–Kier alpha value is -2.88. The van der Waals surface area contributed by atoms with Crippen LogP contribution >= 0.6 is 0 Å². The maximum atomic E-state index is 11.3. The van der Waals surface area contributed by atoms with Crippen molar-refractivity contribution in [3.05, 3.63) is 66.4 Å². The summed E-state index contributed by atoms with van der Waals surface area (Å²) in [5.41, 5.74) is 10.5. The van der Waals surface area contributed by atoms with Crippen molar-refractivity contribution >= 4 is 5.91 Å². The third-order valence-corrected chi connectivity index (χ3v) is 3.52. The summed E-state index contributed by atoms with van der Waals surface area (Å²) < 4.78 is 1.66. The Morgan fingerprint density at radius 2 is 1.82 bits per heavy atom. The van der Waals surface area contributed by atoms with E-state index in [4.69, 9.17) is 5.73 Å². The van der Waals surface area contributed by atoms with Gasteiger partial charge in [0.25, 0.3) is 0 Å². The average Bonchev–Trinajstić information content (AvgIpc) is 2.91. The highest BCUT2D eigenvalue weighted by molar-refractivity contribution is 5.82. The van der Waals surface area contributed by atoms with Crippen molar-refractivity contribution in [2.45, 2.75) is 13.5 Å². The van der Waals surface area contributed by atoms with E-state index in [-0.39, 0.29) is 6.54 Å². The fourth-order valence-corrected chi connectivity index (χ4v) is 2.58. The van der Waals surface area contributed by atoms with Gasteiger partial charge >= 0.3 is 0 Å². The molecule has 0 aliphatic heterocycles. The van der Waals surface area contributed by atoms with Gasteiger partial charge in [0.2, 0.25) is 5.91 Å². The number of carbonyl (C=O) groups excluding carboxylic acids is 1. The van der Waals surface area contributed by atoms with Crippen LogP contribution in [0.5, 0.6) is 0 Å². The van der Waals surface area contributed by atoms with Gasteiger partial charge in [0.1, 0.15) is 6.54 Å². The highest BCUT2D eigenvalue weighted by Gasteiger charge is 2.15. The van der Waals surface area contributed by atoms with Crippen molar-refractivity contribution in [2.24, 2.45) is 5.73 Å². The predicted molar refractivity (Wildman–Crippen MR) is 87.0 cm³/mol. The molecule has 0 aliphatic rings. The van der Waals surface area contributed by atoms with Gasteiger partial charge in [0.15, 0.2) is 0 Å². The van der Waals surface area contributed by atoms with Gasteiger partial charge < -0.3 is 5.73 Å². The van der Waals surface area contributed by atoms with E-state index >= 15 is 0 Å². The zero-order valence-electron chi connectivity index (χ0n) is 12.4. The number of nitrogens with two attached hydrogens (primary N) is 1. The van der Waals surface area contributed by atoms with E-state index in [1.54, 1.807) is 10.9 Å². The Morgan fingerprint density at radius 1 is 1.09 bits per heavy atom. The zero-order valence-corrected chi connectivity index (χ0v) is 12.4. The molecule has 0 fully saturated rings. The quantitative estimate of drug-likeness (QED) is 0.803. The molecule has 3 rings (SSSR count). The Bertz CT molecular complexity index is 806. The first-order valence-electron chi connectivity index (χ1n) is 7.12. The first-order valence-corrected chi connectivity index (χ1v) is 7.12. The summed E-state index contributed by atoms with van der Waals surface area (Å²) in [6.07, 6.45) is 1.79. The molecule has 3 aromatic rings. The lowest BCUT2D eigenvalue weighted by Gasteiger charge is -2.09. The summed E-state index contributed by atoms with van der Waals surface area (Å²) in [7, 11) is 0. The lowest BCUT2D eigenvalue weighted by molar-refractivity contribution is -0.118. The third-order valence-electron chi connectivity index (χ3n) is 3.52. The minimum atomic E-state index is -0.406. The standard InChI is InChI=1S/C18H17N3O/c1-13-6-5-9-15(10-13)16-11-20-21(12-17(19)22)18(16)14-7-3-2-4-8-14/h2-11H,12H2,1H3,(H2,19,22). The topological polar surface area (TPSA) is 60.9 Å². The molecule has 110 valence electrons. The number of primary amides is 1. The smallest absolute Gasteiger partial charge is 0.239 e. The van der Waals surface area contributed by atoms with Gasteiger partial charge in [0.05, 0.1) is 11.9 Å². The second kappa shape index (κ2) is 5.85. The van der Waals surface area contributed by atoms with E-state index in [2.05, 4.69) is 24.2 Å². The van der Waals surface area contributed by atoms with Crippen molar-refractivity contribution in [3.8, 4) is 22.4 Å². The fraction of sp³-hybridized carbons (Fsp3) is 0.111. The lowest BCUT2D eigenvalue weighted by atomic mass is 10.0. The number of nitrogens with zero attached hydrogens (tertiary/aromatic N) is 2. The number of hydrogen-bond acceptors (Lipinski definition) is 2. The van der Waals surface area contributed by atoms with Gasteiger partial charge in [-0.2, -0.15) is 5.10 Å². The van der Waals surface area contributed by atoms with Crippen LogP contribution in [0.2, 0.25) is 0 Å². The van der Waals surface area contributed by atoms with Crippen LogP contribution in [0.1, 0.15) is 5.56 Å². The van der Waals surface area contributed by atoms with Crippen LogP contribution in [0.25, 0.3) is 22.4 Å². The first kappa shape index (κ1) is 14.1. The number of aromatic nitrogens is 2. The number of aryl methyl sites for hydroxylation is 1. The maximum Gasteiger partial charge on any atom is 0.239 e. The monoisotopic (exact) mass is 291 g/mol. The molecule has 0 atom stereocenters. The molecular weight excluding hydrogens is 274 g/mol. The van der Waals surface area contributed by atoms with Gasteiger partial charge in [-0.25, -0.2) is 0 Å². The van der Waals surface area contributed by atoms with Crippen molar-refractivity contribution in [2.75, 3.05) is 0 Å². The second-order valence-electron chi connectivity index (χ2n) is 5.27. The molecule has 1 heterocycles. The molecule has 0 bridgehead atoms. The fourth-order valence-electron chi connectivity index (χ4n) is 2.58. The summed E-state index contributed by atoms with van der Waals surface area (Å²) in [6, 6.07) is 18.1. The Balaban J connectivity index is 2.19. The van der Waals surface area contributed by atoms with Crippen molar-refractivity contribution in [1.29, 1.82) is 0 Å². The van der Waals surface area contributed by atoms with Crippen LogP contribution in [0.15, 0.2) is 60.8 Å². The van der Waals surface area contributed by atoms with E-state index < -0.39 is 5.91 Å². The van der Waals surface area contributed by atoms with Gasteiger partial charge in [0, 0.05) is 11.1 Å².